The van der Waals surface area contributed by atoms with Gasteiger partial charge in [-0.25, -0.2) is 0 Å². The highest BCUT2D eigenvalue weighted by molar-refractivity contribution is 5.86. The molecule has 70 valence electrons. The minimum Gasteiger partial charge on any atom is -0.481 e. The van der Waals surface area contributed by atoms with Crippen molar-refractivity contribution in [2.75, 3.05) is 0 Å². The van der Waals surface area contributed by atoms with Crippen LogP contribution in [-0.4, -0.2) is 29.2 Å². The molecule has 1 fully saturated rings. The smallest absolute Gasteiger partial charge is 0.310 e. The van der Waals surface area contributed by atoms with E-state index in [2.05, 4.69) is 0 Å². The number of hydrogen-bond acceptors (Lipinski definition) is 3. The molecule has 2 unspecified atom stereocenters. The molecule has 0 spiro atoms. The molecule has 3 N–H and O–H groups in total. The van der Waals surface area contributed by atoms with E-state index in [1.54, 1.807) is 12.2 Å². The van der Waals surface area contributed by atoms with Crippen LogP contribution in [0.15, 0.2) is 12.2 Å². The zero-order chi connectivity index (χ0) is 9.59. The Labute approximate surface area is 74.2 Å². The number of carboxylic acids is 1. The molecule has 2 bridgehead atoms. The van der Waals surface area contributed by atoms with Gasteiger partial charge in [0, 0.05) is 0 Å². The van der Waals surface area contributed by atoms with Crippen molar-refractivity contribution in [3.05, 3.63) is 12.2 Å². The summed E-state index contributed by atoms with van der Waals surface area (Å²) in [5.41, 5.74) is 5.10. The number of carbonyl (C=O) groups excluding carboxylic acids is 1. The lowest BCUT2D eigenvalue weighted by molar-refractivity contribution is -0.146. The van der Waals surface area contributed by atoms with E-state index in [0.29, 0.717) is 0 Å². The summed E-state index contributed by atoms with van der Waals surface area (Å²) in [7, 11) is 0. The molecule has 0 aliphatic carbocycles. The van der Waals surface area contributed by atoms with Gasteiger partial charge in [-0.05, 0) is 0 Å². The van der Waals surface area contributed by atoms with Gasteiger partial charge in [-0.1, -0.05) is 12.2 Å². The number of carboxylic acid groups (broad SMARTS) is 1. The van der Waals surface area contributed by atoms with Gasteiger partial charge in [0.15, 0.2) is 0 Å². The van der Waals surface area contributed by atoms with E-state index in [1.165, 1.54) is 0 Å². The summed E-state index contributed by atoms with van der Waals surface area (Å²) < 4.78 is 5.23. The second-order valence-corrected chi connectivity index (χ2v) is 3.24. The fourth-order valence-electron chi connectivity index (χ4n) is 1.94. The van der Waals surface area contributed by atoms with Crippen LogP contribution in [0.3, 0.4) is 0 Å². The van der Waals surface area contributed by atoms with Crippen LogP contribution in [-0.2, 0) is 14.3 Å². The van der Waals surface area contributed by atoms with Gasteiger partial charge in [0.05, 0.1) is 18.1 Å². The second-order valence-electron chi connectivity index (χ2n) is 3.24. The lowest BCUT2D eigenvalue weighted by atomic mass is 9.83. The summed E-state index contributed by atoms with van der Waals surface area (Å²) in [4.78, 5) is 21.7. The van der Waals surface area contributed by atoms with Crippen LogP contribution in [0.2, 0.25) is 0 Å². The molecule has 5 nitrogen and oxygen atoms in total. The zero-order valence-corrected chi connectivity index (χ0v) is 6.71. The lowest BCUT2D eigenvalue weighted by Gasteiger charge is -2.17. The van der Waals surface area contributed by atoms with E-state index in [1.807, 2.05) is 0 Å². The van der Waals surface area contributed by atoms with Crippen LogP contribution >= 0.6 is 0 Å². The van der Waals surface area contributed by atoms with Crippen LogP contribution in [0.5, 0.6) is 0 Å². The first-order chi connectivity index (χ1) is 6.11. The van der Waals surface area contributed by atoms with Crippen molar-refractivity contribution in [1.29, 1.82) is 0 Å². The Morgan fingerprint density at radius 1 is 1.23 bits per heavy atom. The summed E-state index contributed by atoms with van der Waals surface area (Å²) in [6.07, 6.45) is 2.44. The quantitative estimate of drug-likeness (QED) is 0.544. The fourth-order valence-corrected chi connectivity index (χ4v) is 1.94. The van der Waals surface area contributed by atoms with Crippen LogP contribution in [0.1, 0.15) is 0 Å². The van der Waals surface area contributed by atoms with Gasteiger partial charge in [0.25, 0.3) is 0 Å². The van der Waals surface area contributed by atoms with Crippen LogP contribution in [0.25, 0.3) is 0 Å². The van der Waals surface area contributed by atoms with Crippen molar-refractivity contribution in [1.82, 2.24) is 0 Å². The number of nitrogens with two attached hydrogens (primary N) is 1. The molecule has 4 atom stereocenters. The van der Waals surface area contributed by atoms with Crippen molar-refractivity contribution in [3.63, 3.8) is 0 Å². The number of aliphatic carboxylic acids is 1. The highest BCUT2D eigenvalue weighted by Crippen LogP contribution is 2.38. The minimum absolute atomic E-state index is 0.441. The standard InChI is InChI=1S/C8H9NO4/c9-7(10)5-3-1-2-4(13-3)6(5)8(11)12/h1-6H,(H2,9,10)(H,11,12)/t3-,4+,5?,6?/m1/s1. The van der Waals surface area contributed by atoms with Crippen molar-refractivity contribution in [2.24, 2.45) is 17.6 Å². The van der Waals surface area contributed by atoms with Crippen molar-refractivity contribution >= 4 is 11.9 Å². The molecule has 0 aromatic heterocycles. The highest BCUT2D eigenvalue weighted by Gasteiger charge is 2.52. The predicted molar refractivity (Wildman–Crippen MR) is 41.6 cm³/mol. The number of hydrogen-bond donors (Lipinski definition) is 2. The molecule has 1 amide bonds. The van der Waals surface area contributed by atoms with E-state index in [-0.39, 0.29) is 0 Å². The van der Waals surface area contributed by atoms with Crippen molar-refractivity contribution < 1.29 is 19.4 Å². The molecule has 2 aliphatic heterocycles. The monoisotopic (exact) mass is 183 g/mol. The number of amides is 1. The molecule has 0 saturated carbocycles. The van der Waals surface area contributed by atoms with Crippen LogP contribution < -0.4 is 5.73 Å². The van der Waals surface area contributed by atoms with Gasteiger partial charge in [-0.2, -0.15) is 0 Å². The average Bonchev–Trinajstić information content (AvgIpc) is 2.60. The van der Waals surface area contributed by atoms with Gasteiger partial charge >= 0.3 is 5.97 Å². The predicted octanol–water partition coefficient (Wildman–Crippen LogP) is -0.874. The molecule has 0 radical (unpaired) electrons. The van der Waals surface area contributed by atoms with Gasteiger partial charge < -0.3 is 15.6 Å². The third-order valence-electron chi connectivity index (χ3n) is 2.51. The largest absolute Gasteiger partial charge is 0.481 e. The molecule has 1 saturated heterocycles. The summed E-state index contributed by atoms with van der Waals surface area (Å²) >= 11 is 0. The Balaban J connectivity index is 2.30. The first-order valence-corrected chi connectivity index (χ1v) is 3.97. The zero-order valence-electron chi connectivity index (χ0n) is 6.71. The minimum atomic E-state index is -1.03. The van der Waals surface area contributed by atoms with Gasteiger partial charge in [-0.15, -0.1) is 0 Å². The second kappa shape index (κ2) is 2.56. The maximum absolute atomic E-state index is 11.0. The topological polar surface area (TPSA) is 89.6 Å². The third-order valence-corrected chi connectivity index (χ3v) is 2.51. The third kappa shape index (κ3) is 1.04. The molecule has 2 rings (SSSR count). The van der Waals surface area contributed by atoms with E-state index in [4.69, 9.17) is 15.6 Å². The van der Waals surface area contributed by atoms with Crippen molar-refractivity contribution in [3.8, 4) is 0 Å². The first kappa shape index (κ1) is 8.25. The summed E-state index contributed by atoms with van der Waals surface area (Å²) in [6.45, 7) is 0. The molecule has 2 aliphatic rings. The number of ether oxygens (including phenoxy) is 1. The van der Waals surface area contributed by atoms with Crippen LogP contribution in [0, 0.1) is 11.8 Å². The Bertz CT molecular complexity index is 271. The van der Waals surface area contributed by atoms with E-state index in [9.17, 15) is 9.59 Å². The number of rotatable bonds is 2. The summed E-state index contributed by atoms with van der Waals surface area (Å²) in [5.74, 6) is -3.16. The van der Waals surface area contributed by atoms with Crippen LogP contribution in [0.4, 0.5) is 0 Å². The van der Waals surface area contributed by atoms with E-state index < -0.39 is 35.9 Å². The molecule has 13 heavy (non-hydrogen) atoms. The van der Waals surface area contributed by atoms with Crippen molar-refractivity contribution in [2.45, 2.75) is 12.2 Å². The summed E-state index contributed by atoms with van der Waals surface area (Å²) in [6, 6.07) is 0. The highest BCUT2D eigenvalue weighted by atomic mass is 16.5. The Morgan fingerprint density at radius 2 is 1.77 bits per heavy atom. The number of fused-ring (bicyclic) bond motifs is 2. The molecular weight excluding hydrogens is 174 g/mol. The maximum Gasteiger partial charge on any atom is 0.310 e. The molecule has 0 aromatic carbocycles. The Morgan fingerprint density at radius 3 is 2.15 bits per heavy atom. The summed E-state index contributed by atoms with van der Waals surface area (Å²) in [5, 5.41) is 8.83. The van der Waals surface area contributed by atoms with E-state index >= 15 is 0 Å². The van der Waals surface area contributed by atoms with Gasteiger partial charge in [-0.3, -0.25) is 9.59 Å². The Hall–Kier alpha value is -1.36. The SMILES string of the molecule is NC(=O)C1C(C(=O)O)[C@@H]2C=C[C@H]1O2. The lowest BCUT2D eigenvalue weighted by Crippen LogP contribution is -2.39. The average molecular weight is 183 g/mol. The molecule has 2 heterocycles. The number of carbonyl (C=O) groups is 2. The molecule has 0 aromatic rings. The normalized spacial score (nSPS) is 40.9. The van der Waals surface area contributed by atoms with Gasteiger partial charge in [0.2, 0.25) is 5.91 Å². The molecular formula is C8H9NO4. The maximum atomic E-state index is 11.0. The number of primary amides is 1. The fraction of sp³-hybridized carbons (Fsp3) is 0.500. The first-order valence-electron chi connectivity index (χ1n) is 3.97. The molecule has 5 heteroatoms. The Kier molecular flexibility index (Phi) is 1.63. The van der Waals surface area contributed by atoms with E-state index in [0.717, 1.165) is 0 Å². The van der Waals surface area contributed by atoms with Gasteiger partial charge in [0.1, 0.15) is 5.92 Å².